The van der Waals surface area contributed by atoms with Crippen molar-refractivity contribution < 1.29 is 4.74 Å². The fourth-order valence-corrected chi connectivity index (χ4v) is 0.259. The number of hydrogen-bond donors (Lipinski definition) is 0. The van der Waals surface area contributed by atoms with Gasteiger partial charge >= 0.3 is 0 Å². The largest absolute Gasteiger partial charge is 0.489 e. The van der Waals surface area contributed by atoms with E-state index in [0.29, 0.717) is 6.61 Å². The zero-order valence-corrected chi connectivity index (χ0v) is 5.05. The van der Waals surface area contributed by atoms with Crippen LogP contribution in [0.2, 0.25) is 0 Å². The maximum Gasteiger partial charge on any atom is 0.125 e. The fraction of sp³-hybridized carbons (Fsp3) is 0.286. The molecule has 0 rings (SSSR count). The standard InChI is InChI=1S/C7H10O/c1-3-5-7-8-6-4-2/h3,5-6H,2,7H2,1H3. The molecular formula is C7H10O. The first kappa shape index (κ1) is 7.06. The molecule has 1 heteroatoms. The van der Waals surface area contributed by atoms with E-state index in [1.807, 2.05) is 19.1 Å². The average molecular weight is 110 g/mol. The van der Waals surface area contributed by atoms with E-state index in [4.69, 9.17) is 4.74 Å². The first-order chi connectivity index (χ1) is 3.91. The van der Waals surface area contributed by atoms with Crippen molar-refractivity contribution in [3.05, 3.63) is 30.7 Å². The SMILES string of the molecule is C=C=COCC=CC. The van der Waals surface area contributed by atoms with Crippen molar-refractivity contribution in [3.8, 4) is 0 Å². The molecule has 0 amide bonds. The predicted octanol–water partition coefficient (Wildman–Crippen LogP) is 1.88. The molecule has 0 atom stereocenters. The quantitative estimate of drug-likeness (QED) is 0.233. The summed E-state index contributed by atoms with van der Waals surface area (Å²) in [6.07, 6.45) is 5.28. The highest BCUT2D eigenvalue weighted by atomic mass is 16.5. The predicted molar refractivity (Wildman–Crippen MR) is 34.5 cm³/mol. The van der Waals surface area contributed by atoms with Crippen LogP contribution < -0.4 is 0 Å². The van der Waals surface area contributed by atoms with Crippen LogP contribution in [0.4, 0.5) is 0 Å². The van der Waals surface area contributed by atoms with Crippen LogP contribution in [0, 0.1) is 0 Å². The van der Waals surface area contributed by atoms with E-state index in [1.54, 1.807) is 0 Å². The molecule has 0 aromatic heterocycles. The third-order valence-corrected chi connectivity index (χ3v) is 0.595. The van der Waals surface area contributed by atoms with Crippen molar-refractivity contribution in [2.75, 3.05) is 6.61 Å². The molecule has 0 bridgehead atoms. The summed E-state index contributed by atoms with van der Waals surface area (Å²) in [5.41, 5.74) is 2.50. The molecule has 1 nitrogen and oxygen atoms in total. The van der Waals surface area contributed by atoms with Gasteiger partial charge in [-0.1, -0.05) is 24.5 Å². The van der Waals surface area contributed by atoms with Crippen molar-refractivity contribution in [1.29, 1.82) is 0 Å². The number of ether oxygens (including phenoxy) is 1. The van der Waals surface area contributed by atoms with Gasteiger partial charge in [-0.25, -0.2) is 0 Å². The minimum Gasteiger partial charge on any atom is -0.489 e. The fourth-order valence-electron chi connectivity index (χ4n) is 0.259. The van der Waals surface area contributed by atoms with E-state index < -0.39 is 0 Å². The van der Waals surface area contributed by atoms with Gasteiger partial charge in [0.05, 0.1) is 0 Å². The summed E-state index contributed by atoms with van der Waals surface area (Å²) in [6.45, 7) is 5.88. The smallest absolute Gasteiger partial charge is 0.125 e. The Labute approximate surface area is 50.0 Å². The van der Waals surface area contributed by atoms with Crippen molar-refractivity contribution in [1.82, 2.24) is 0 Å². The topological polar surface area (TPSA) is 9.23 Å². The van der Waals surface area contributed by atoms with E-state index in [-0.39, 0.29) is 0 Å². The summed E-state index contributed by atoms with van der Waals surface area (Å²) in [4.78, 5) is 0. The van der Waals surface area contributed by atoms with Crippen molar-refractivity contribution in [2.24, 2.45) is 0 Å². The van der Waals surface area contributed by atoms with Gasteiger partial charge < -0.3 is 4.74 Å². The monoisotopic (exact) mass is 110 g/mol. The second-order valence-electron chi connectivity index (χ2n) is 1.22. The molecule has 0 aliphatic rings. The molecule has 44 valence electrons. The van der Waals surface area contributed by atoms with Crippen LogP contribution in [0.3, 0.4) is 0 Å². The van der Waals surface area contributed by atoms with E-state index in [2.05, 4.69) is 12.3 Å². The molecular weight excluding hydrogens is 100 g/mol. The number of rotatable bonds is 3. The Morgan fingerprint density at radius 2 is 2.50 bits per heavy atom. The summed E-state index contributed by atoms with van der Waals surface area (Å²) < 4.78 is 4.84. The first-order valence-corrected chi connectivity index (χ1v) is 2.49. The van der Waals surface area contributed by atoms with E-state index in [1.165, 1.54) is 6.26 Å². The van der Waals surface area contributed by atoms with Crippen LogP contribution >= 0.6 is 0 Å². The highest BCUT2D eigenvalue weighted by Gasteiger charge is 1.66. The lowest BCUT2D eigenvalue weighted by molar-refractivity contribution is 0.290. The Morgan fingerprint density at radius 1 is 1.75 bits per heavy atom. The van der Waals surface area contributed by atoms with Gasteiger partial charge in [-0.2, -0.15) is 0 Å². The zero-order chi connectivity index (χ0) is 6.24. The molecule has 0 saturated heterocycles. The third-order valence-electron chi connectivity index (χ3n) is 0.595. The van der Waals surface area contributed by atoms with Crippen LogP contribution in [0.15, 0.2) is 30.7 Å². The highest BCUT2D eigenvalue weighted by Crippen LogP contribution is 1.75. The second kappa shape index (κ2) is 6.06. The number of hydrogen-bond acceptors (Lipinski definition) is 1. The van der Waals surface area contributed by atoms with Crippen molar-refractivity contribution in [3.63, 3.8) is 0 Å². The third kappa shape index (κ3) is 5.06. The summed E-state index contributed by atoms with van der Waals surface area (Å²) in [5, 5.41) is 0. The lowest BCUT2D eigenvalue weighted by Gasteiger charge is -1.87. The van der Waals surface area contributed by atoms with Gasteiger partial charge in [0.2, 0.25) is 0 Å². The second-order valence-corrected chi connectivity index (χ2v) is 1.22. The molecule has 0 aromatic carbocycles. The molecule has 0 N–H and O–H groups in total. The van der Waals surface area contributed by atoms with Crippen LogP contribution in [0.1, 0.15) is 6.92 Å². The summed E-state index contributed by atoms with van der Waals surface area (Å²) >= 11 is 0. The Bertz CT molecular complexity index is 108. The minimum absolute atomic E-state index is 0.610. The van der Waals surface area contributed by atoms with Gasteiger partial charge in [0.25, 0.3) is 0 Å². The van der Waals surface area contributed by atoms with Gasteiger partial charge in [0.15, 0.2) is 0 Å². The van der Waals surface area contributed by atoms with Gasteiger partial charge in [0, 0.05) is 0 Å². The van der Waals surface area contributed by atoms with E-state index >= 15 is 0 Å². The van der Waals surface area contributed by atoms with Gasteiger partial charge in [-0.05, 0) is 6.92 Å². The minimum atomic E-state index is 0.610. The molecule has 0 aliphatic heterocycles. The molecule has 0 fully saturated rings. The Hall–Kier alpha value is -0.940. The van der Waals surface area contributed by atoms with Gasteiger partial charge in [-0.15, -0.1) is 0 Å². The maximum absolute atomic E-state index is 4.84. The van der Waals surface area contributed by atoms with Crippen LogP contribution in [-0.4, -0.2) is 6.61 Å². The summed E-state index contributed by atoms with van der Waals surface area (Å²) in [6, 6.07) is 0. The van der Waals surface area contributed by atoms with Gasteiger partial charge in [-0.3, -0.25) is 0 Å². The Kier molecular flexibility index (Phi) is 5.35. The zero-order valence-electron chi connectivity index (χ0n) is 5.05. The van der Waals surface area contributed by atoms with Crippen molar-refractivity contribution >= 4 is 0 Å². The maximum atomic E-state index is 4.84. The molecule has 0 spiro atoms. The first-order valence-electron chi connectivity index (χ1n) is 2.49. The summed E-state index contributed by atoms with van der Waals surface area (Å²) in [5.74, 6) is 0. The Morgan fingerprint density at radius 3 is 3.00 bits per heavy atom. The van der Waals surface area contributed by atoms with E-state index in [9.17, 15) is 0 Å². The highest BCUT2D eigenvalue weighted by molar-refractivity contribution is 4.77. The molecule has 0 unspecified atom stereocenters. The molecule has 8 heavy (non-hydrogen) atoms. The van der Waals surface area contributed by atoms with Crippen LogP contribution in [0.5, 0.6) is 0 Å². The molecule has 0 heterocycles. The lowest BCUT2D eigenvalue weighted by Crippen LogP contribution is -1.77. The van der Waals surface area contributed by atoms with Crippen LogP contribution in [-0.2, 0) is 4.74 Å². The normalized spacial score (nSPS) is 8.62. The lowest BCUT2D eigenvalue weighted by atomic mass is 10.6. The van der Waals surface area contributed by atoms with Crippen LogP contribution in [0.25, 0.3) is 0 Å². The average Bonchev–Trinajstić information content (AvgIpc) is 1.81. The molecule has 0 aromatic rings. The van der Waals surface area contributed by atoms with E-state index in [0.717, 1.165) is 0 Å². The Balaban J connectivity index is 3.05. The molecule has 0 radical (unpaired) electrons. The molecule has 0 aliphatic carbocycles. The molecule has 0 saturated carbocycles. The van der Waals surface area contributed by atoms with Gasteiger partial charge in [0.1, 0.15) is 12.9 Å². The van der Waals surface area contributed by atoms with Crippen molar-refractivity contribution in [2.45, 2.75) is 6.92 Å². The summed E-state index contributed by atoms with van der Waals surface area (Å²) in [7, 11) is 0. The number of allylic oxidation sites excluding steroid dienone is 1.